The van der Waals surface area contributed by atoms with Crippen LogP contribution >= 0.6 is 0 Å². The van der Waals surface area contributed by atoms with E-state index in [1.54, 1.807) is 0 Å². The minimum absolute atomic E-state index is 0.445. The van der Waals surface area contributed by atoms with Crippen molar-refractivity contribution in [2.75, 3.05) is 18.5 Å². The highest BCUT2D eigenvalue weighted by atomic mass is 15.1. The van der Waals surface area contributed by atoms with Crippen LogP contribution in [-0.4, -0.2) is 19.3 Å². The van der Waals surface area contributed by atoms with Crippen molar-refractivity contribution in [1.82, 2.24) is 0 Å². The first kappa shape index (κ1) is 12.0. The zero-order valence-electron chi connectivity index (χ0n) is 11.4. The summed E-state index contributed by atoms with van der Waals surface area (Å²) in [5.41, 5.74) is 4.76. The lowest BCUT2D eigenvalue weighted by Gasteiger charge is -2.32. The lowest BCUT2D eigenvalue weighted by Crippen LogP contribution is -2.35. The first-order chi connectivity index (χ1) is 9.25. The molecule has 0 radical (unpaired) electrons. The number of hydrogen-bond donors (Lipinski definition) is 0. The van der Waals surface area contributed by atoms with Crippen LogP contribution in [0.15, 0.2) is 59.6 Å². The van der Waals surface area contributed by atoms with Crippen LogP contribution in [0.25, 0.3) is 0 Å². The Labute approximate surface area is 114 Å². The molecule has 3 rings (SSSR count). The molecule has 2 aromatic rings. The molecular formula is C17H18N2. The molecule has 1 unspecified atom stereocenters. The summed E-state index contributed by atoms with van der Waals surface area (Å²) in [5.74, 6) is 0.445. The number of rotatable bonds is 1. The number of hydrogen-bond acceptors (Lipinski definition) is 2. The topological polar surface area (TPSA) is 15.6 Å². The van der Waals surface area contributed by atoms with E-state index in [4.69, 9.17) is 4.99 Å². The van der Waals surface area contributed by atoms with Crippen molar-refractivity contribution in [3.8, 4) is 0 Å². The lowest BCUT2D eigenvalue weighted by atomic mass is 9.91. The molecule has 2 aromatic carbocycles. The molecule has 1 aliphatic rings. The second-order valence-corrected chi connectivity index (χ2v) is 5.13. The van der Waals surface area contributed by atoms with Crippen molar-refractivity contribution >= 4 is 17.1 Å². The van der Waals surface area contributed by atoms with Crippen LogP contribution in [0.2, 0.25) is 0 Å². The largest absolute Gasteiger partial charge is 0.373 e. The van der Waals surface area contributed by atoms with Gasteiger partial charge in [-0.15, -0.1) is 0 Å². The molecule has 0 bridgehead atoms. The van der Waals surface area contributed by atoms with Gasteiger partial charge in [0.05, 0.1) is 11.4 Å². The second-order valence-electron chi connectivity index (χ2n) is 5.13. The zero-order valence-corrected chi connectivity index (χ0v) is 11.4. The highest BCUT2D eigenvalue weighted by Gasteiger charge is 2.24. The van der Waals surface area contributed by atoms with Gasteiger partial charge in [-0.1, -0.05) is 43.3 Å². The van der Waals surface area contributed by atoms with Crippen molar-refractivity contribution in [3.63, 3.8) is 0 Å². The average molecular weight is 250 g/mol. The normalized spacial score (nSPS) is 20.4. The van der Waals surface area contributed by atoms with Crippen molar-refractivity contribution < 1.29 is 0 Å². The molecule has 0 aromatic heterocycles. The van der Waals surface area contributed by atoms with E-state index in [0.717, 1.165) is 12.2 Å². The van der Waals surface area contributed by atoms with E-state index in [-0.39, 0.29) is 0 Å². The maximum atomic E-state index is 4.86. The Kier molecular flexibility index (Phi) is 3.08. The summed E-state index contributed by atoms with van der Waals surface area (Å²) >= 11 is 0. The van der Waals surface area contributed by atoms with Gasteiger partial charge in [0.15, 0.2) is 0 Å². The second kappa shape index (κ2) is 4.88. The van der Waals surface area contributed by atoms with Gasteiger partial charge < -0.3 is 4.90 Å². The molecule has 2 nitrogen and oxygen atoms in total. The van der Waals surface area contributed by atoms with Gasteiger partial charge in [0.25, 0.3) is 0 Å². The highest BCUT2D eigenvalue weighted by molar-refractivity contribution is 6.09. The van der Waals surface area contributed by atoms with Crippen LogP contribution in [0.3, 0.4) is 0 Å². The number of para-hydroxylation sites is 2. The van der Waals surface area contributed by atoms with Gasteiger partial charge in [0.2, 0.25) is 0 Å². The van der Waals surface area contributed by atoms with E-state index in [1.807, 2.05) is 18.2 Å². The molecule has 0 N–H and O–H groups in total. The predicted molar refractivity (Wildman–Crippen MR) is 81.5 cm³/mol. The fourth-order valence-electron chi connectivity index (χ4n) is 2.70. The minimum Gasteiger partial charge on any atom is -0.373 e. The van der Waals surface area contributed by atoms with E-state index in [9.17, 15) is 0 Å². The fraction of sp³-hybridized carbons (Fsp3) is 0.235. The molecule has 96 valence electrons. The molecule has 1 heterocycles. The Morgan fingerprint density at radius 2 is 1.68 bits per heavy atom. The Bertz CT molecular complexity index is 602. The van der Waals surface area contributed by atoms with Crippen molar-refractivity contribution in [1.29, 1.82) is 0 Å². The molecule has 19 heavy (non-hydrogen) atoms. The maximum Gasteiger partial charge on any atom is 0.0633 e. The molecule has 0 saturated carbocycles. The Morgan fingerprint density at radius 3 is 2.47 bits per heavy atom. The summed E-state index contributed by atoms with van der Waals surface area (Å²) in [6, 6.07) is 18.7. The van der Waals surface area contributed by atoms with Crippen LogP contribution in [0, 0.1) is 5.92 Å². The summed E-state index contributed by atoms with van der Waals surface area (Å²) < 4.78 is 0. The number of anilines is 1. The van der Waals surface area contributed by atoms with Gasteiger partial charge >= 0.3 is 0 Å². The summed E-state index contributed by atoms with van der Waals surface area (Å²) in [6.07, 6.45) is 0. The lowest BCUT2D eigenvalue weighted by molar-refractivity contribution is 0.723. The highest BCUT2D eigenvalue weighted by Crippen LogP contribution is 2.30. The number of nitrogens with zero attached hydrogens (tertiary/aromatic N) is 2. The van der Waals surface area contributed by atoms with Gasteiger partial charge in [-0.25, -0.2) is 0 Å². The monoisotopic (exact) mass is 250 g/mol. The third kappa shape index (κ3) is 2.26. The number of benzene rings is 2. The molecule has 0 fully saturated rings. The Morgan fingerprint density at radius 1 is 1.00 bits per heavy atom. The average Bonchev–Trinajstić information content (AvgIpc) is 2.45. The van der Waals surface area contributed by atoms with Gasteiger partial charge in [-0.3, -0.25) is 4.99 Å². The summed E-state index contributed by atoms with van der Waals surface area (Å²) in [5, 5.41) is 0. The molecule has 0 amide bonds. The van der Waals surface area contributed by atoms with Crippen molar-refractivity contribution in [3.05, 3.63) is 60.2 Å². The maximum absolute atomic E-state index is 4.86. The van der Waals surface area contributed by atoms with E-state index in [1.165, 1.54) is 17.0 Å². The van der Waals surface area contributed by atoms with Crippen LogP contribution in [0.5, 0.6) is 0 Å². The molecule has 0 spiro atoms. The fourth-order valence-corrected chi connectivity index (χ4v) is 2.70. The van der Waals surface area contributed by atoms with E-state index < -0.39 is 0 Å². The SMILES string of the molecule is CC1CN(C)c2ccccc2C1=Nc1ccccc1. The first-order valence-electron chi connectivity index (χ1n) is 6.70. The van der Waals surface area contributed by atoms with Gasteiger partial charge in [-0.05, 0) is 18.2 Å². The smallest absolute Gasteiger partial charge is 0.0633 e. The molecule has 0 aliphatic carbocycles. The molecule has 0 saturated heterocycles. The zero-order chi connectivity index (χ0) is 13.2. The van der Waals surface area contributed by atoms with Crippen molar-refractivity contribution in [2.45, 2.75) is 6.92 Å². The molecule has 2 heteroatoms. The van der Waals surface area contributed by atoms with E-state index in [0.29, 0.717) is 5.92 Å². The van der Waals surface area contributed by atoms with Crippen LogP contribution < -0.4 is 4.90 Å². The van der Waals surface area contributed by atoms with E-state index >= 15 is 0 Å². The van der Waals surface area contributed by atoms with Gasteiger partial charge in [0.1, 0.15) is 0 Å². The predicted octanol–water partition coefficient (Wildman–Crippen LogP) is 3.89. The third-order valence-electron chi connectivity index (χ3n) is 3.61. The molecule has 1 aliphatic heterocycles. The quantitative estimate of drug-likeness (QED) is 0.749. The first-order valence-corrected chi connectivity index (χ1v) is 6.70. The van der Waals surface area contributed by atoms with E-state index in [2.05, 4.69) is 55.3 Å². The van der Waals surface area contributed by atoms with Gasteiger partial charge in [-0.2, -0.15) is 0 Å². The van der Waals surface area contributed by atoms with Gasteiger partial charge in [0, 0.05) is 30.8 Å². The Balaban J connectivity index is 2.11. The summed E-state index contributed by atoms with van der Waals surface area (Å²) in [4.78, 5) is 7.17. The van der Waals surface area contributed by atoms with Crippen molar-refractivity contribution in [2.24, 2.45) is 10.9 Å². The number of fused-ring (bicyclic) bond motifs is 1. The standard InChI is InChI=1S/C17H18N2/c1-13-12-19(2)16-11-7-6-10-15(16)17(13)18-14-8-4-3-5-9-14/h3-11,13H,12H2,1-2H3. The Hall–Kier alpha value is -2.09. The summed E-state index contributed by atoms with van der Waals surface area (Å²) in [6.45, 7) is 3.26. The number of aliphatic imine (C=N–C) groups is 1. The molecular weight excluding hydrogens is 232 g/mol. The summed E-state index contributed by atoms with van der Waals surface area (Å²) in [7, 11) is 2.15. The molecule has 1 atom stereocenters. The van der Waals surface area contributed by atoms with Crippen LogP contribution in [0.1, 0.15) is 12.5 Å². The minimum atomic E-state index is 0.445. The van der Waals surface area contributed by atoms with Crippen LogP contribution in [-0.2, 0) is 0 Å². The van der Waals surface area contributed by atoms with Crippen LogP contribution in [0.4, 0.5) is 11.4 Å². The third-order valence-corrected chi connectivity index (χ3v) is 3.61.